The first-order valence-electron chi connectivity index (χ1n) is 8.44. The van der Waals surface area contributed by atoms with Crippen molar-refractivity contribution in [1.29, 1.82) is 5.26 Å². The zero-order valence-corrected chi connectivity index (χ0v) is 16.0. The number of aryl methyl sites for hydroxylation is 1. The molecule has 0 radical (unpaired) electrons. The van der Waals surface area contributed by atoms with Gasteiger partial charge in [-0.05, 0) is 55.5 Å². The number of nitrogens with zero attached hydrogens (tertiary/aromatic N) is 4. The first-order valence-corrected chi connectivity index (χ1v) is 8.81. The molecule has 0 fully saturated rings. The average Bonchev–Trinajstić information content (AvgIpc) is 3.01. The van der Waals surface area contributed by atoms with Crippen molar-refractivity contribution in [3.63, 3.8) is 0 Å². The van der Waals surface area contributed by atoms with Crippen LogP contribution in [0.4, 0.5) is 4.39 Å². The standard InChI is InChI=1S/C20H15ClFN5O2/c1-13-18(20(21)27(26-13)16-6-4-15(22)5-7-16)11-24-25-19(28)12-29-17-8-2-14(10-23)3-9-17/h2-9,11H,12H2,1H3,(H,25,28)/b24-11-. The Morgan fingerprint density at radius 1 is 1.31 bits per heavy atom. The van der Waals surface area contributed by atoms with Crippen molar-refractivity contribution in [2.24, 2.45) is 5.10 Å². The number of rotatable bonds is 6. The summed E-state index contributed by atoms with van der Waals surface area (Å²) in [6, 6.07) is 14.1. The average molecular weight is 412 g/mol. The number of halogens is 2. The van der Waals surface area contributed by atoms with Crippen LogP contribution in [0, 0.1) is 24.1 Å². The predicted octanol–water partition coefficient (Wildman–Crippen LogP) is 3.37. The van der Waals surface area contributed by atoms with Crippen LogP contribution < -0.4 is 10.2 Å². The number of benzene rings is 2. The van der Waals surface area contributed by atoms with E-state index in [4.69, 9.17) is 21.6 Å². The molecule has 9 heteroatoms. The highest BCUT2D eigenvalue weighted by Crippen LogP contribution is 2.22. The number of nitriles is 1. The summed E-state index contributed by atoms with van der Waals surface area (Å²) >= 11 is 6.34. The van der Waals surface area contributed by atoms with Gasteiger partial charge in [-0.2, -0.15) is 15.5 Å². The van der Waals surface area contributed by atoms with Gasteiger partial charge < -0.3 is 4.74 Å². The van der Waals surface area contributed by atoms with Gasteiger partial charge in [-0.25, -0.2) is 14.5 Å². The van der Waals surface area contributed by atoms with Gasteiger partial charge in [-0.1, -0.05) is 11.6 Å². The number of aromatic nitrogens is 2. The van der Waals surface area contributed by atoms with Crippen LogP contribution in [-0.2, 0) is 4.79 Å². The molecule has 0 aliphatic carbocycles. The molecule has 0 aliphatic heterocycles. The molecule has 3 aromatic rings. The van der Waals surface area contributed by atoms with Crippen molar-refractivity contribution in [3.05, 3.63) is 76.3 Å². The zero-order valence-electron chi connectivity index (χ0n) is 15.3. The van der Waals surface area contributed by atoms with Crippen LogP contribution in [0.2, 0.25) is 5.15 Å². The van der Waals surface area contributed by atoms with E-state index in [1.165, 1.54) is 23.0 Å². The number of carbonyl (C=O) groups excluding carboxylic acids is 1. The first kappa shape index (κ1) is 20.0. The molecule has 1 N–H and O–H groups in total. The van der Waals surface area contributed by atoms with Crippen molar-refractivity contribution >= 4 is 23.7 Å². The molecule has 1 heterocycles. The van der Waals surface area contributed by atoms with E-state index < -0.39 is 5.91 Å². The number of nitrogens with one attached hydrogen (secondary N) is 1. The van der Waals surface area contributed by atoms with Crippen molar-refractivity contribution in [1.82, 2.24) is 15.2 Å². The molecule has 2 aromatic carbocycles. The summed E-state index contributed by atoms with van der Waals surface area (Å²) in [7, 11) is 0. The second-order valence-corrected chi connectivity index (χ2v) is 6.25. The van der Waals surface area contributed by atoms with Gasteiger partial charge in [0.15, 0.2) is 6.61 Å². The van der Waals surface area contributed by atoms with E-state index in [9.17, 15) is 9.18 Å². The summed E-state index contributed by atoms with van der Waals surface area (Å²) in [6.07, 6.45) is 1.38. The Labute approximate surface area is 171 Å². The number of ether oxygens (including phenoxy) is 1. The smallest absolute Gasteiger partial charge is 0.277 e. The van der Waals surface area contributed by atoms with E-state index in [0.29, 0.717) is 28.3 Å². The topological polar surface area (TPSA) is 92.3 Å². The van der Waals surface area contributed by atoms with E-state index in [1.54, 1.807) is 43.3 Å². The van der Waals surface area contributed by atoms with E-state index >= 15 is 0 Å². The molecule has 0 saturated heterocycles. The Bertz CT molecular complexity index is 1090. The molecule has 7 nitrogen and oxygen atoms in total. The molecule has 3 rings (SSSR count). The maximum Gasteiger partial charge on any atom is 0.277 e. The van der Waals surface area contributed by atoms with Gasteiger partial charge in [0.2, 0.25) is 0 Å². The van der Waals surface area contributed by atoms with Gasteiger partial charge >= 0.3 is 0 Å². The fourth-order valence-electron chi connectivity index (χ4n) is 2.39. The van der Waals surface area contributed by atoms with Crippen LogP contribution in [-0.4, -0.2) is 28.5 Å². The molecule has 0 spiro atoms. The molecule has 0 aliphatic rings. The minimum absolute atomic E-state index is 0.245. The van der Waals surface area contributed by atoms with Gasteiger partial charge in [0, 0.05) is 0 Å². The van der Waals surface area contributed by atoms with E-state index in [0.717, 1.165) is 0 Å². The Kier molecular flexibility index (Phi) is 6.22. The third-order valence-corrected chi connectivity index (χ3v) is 4.22. The summed E-state index contributed by atoms with van der Waals surface area (Å²) in [5.41, 5.74) is 4.55. The Balaban J connectivity index is 1.60. The first-order chi connectivity index (χ1) is 14.0. The van der Waals surface area contributed by atoms with E-state index in [1.807, 2.05) is 6.07 Å². The lowest BCUT2D eigenvalue weighted by Gasteiger charge is -2.04. The normalized spacial score (nSPS) is 10.7. The lowest BCUT2D eigenvalue weighted by molar-refractivity contribution is -0.123. The van der Waals surface area contributed by atoms with Gasteiger partial charge in [-0.3, -0.25) is 4.79 Å². The number of amides is 1. The van der Waals surface area contributed by atoms with Crippen molar-refractivity contribution in [3.8, 4) is 17.5 Å². The van der Waals surface area contributed by atoms with Crippen molar-refractivity contribution in [2.75, 3.05) is 6.61 Å². The monoisotopic (exact) mass is 411 g/mol. The summed E-state index contributed by atoms with van der Waals surface area (Å²) in [5.74, 6) is -0.366. The number of hydrazone groups is 1. The SMILES string of the molecule is Cc1nn(-c2ccc(F)cc2)c(Cl)c1/C=N\NC(=O)COc1ccc(C#N)cc1. The van der Waals surface area contributed by atoms with Crippen LogP contribution in [0.25, 0.3) is 5.69 Å². The number of hydrogen-bond acceptors (Lipinski definition) is 5. The van der Waals surface area contributed by atoms with Crippen LogP contribution in [0.5, 0.6) is 5.75 Å². The molecular formula is C20H15ClFN5O2. The lowest BCUT2D eigenvalue weighted by Crippen LogP contribution is -2.24. The molecule has 0 atom stereocenters. The van der Waals surface area contributed by atoms with Gasteiger partial charge in [0.25, 0.3) is 5.91 Å². The van der Waals surface area contributed by atoms with E-state index in [-0.39, 0.29) is 17.6 Å². The maximum absolute atomic E-state index is 13.1. The molecule has 0 saturated carbocycles. The fourth-order valence-corrected chi connectivity index (χ4v) is 2.71. The minimum Gasteiger partial charge on any atom is -0.484 e. The zero-order chi connectivity index (χ0) is 20.8. The molecule has 1 amide bonds. The molecule has 146 valence electrons. The highest BCUT2D eigenvalue weighted by atomic mass is 35.5. The second-order valence-electron chi connectivity index (χ2n) is 5.90. The van der Waals surface area contributed by atoms with Gasteiger partial charge in [0.05, 0.1) is 34.8 Å². The quantitative estimate of drug-likeness (QED) is 0.497. The van der Waals surface area contributed by atoms with Crippen LogP contribution in [0.15, 0.2) is 53.6 Å². The second kappa shape index (κ2) is 8.99. The molecule has 0 bridgehead atoms. The van der Waals surface area contributed by atoms with Crippen LogP contribution in [0.1, 0.15) is 16.8 Å². The Hall–Kier alpha value is -3.70. The summed E-state index contributed by atoms with van der Waals surface area (Å²) < 4.78 is 19.9. The summed E-state index contributed by atoms with van der Waals surface area (Å²) in [4.78, 5) is 11.9. The maximum atomic E-state index is 13.1. The minimum atomic E-state index is -0.467. The van der Waals surface area contributed by atoms with Gasteiger partial charge in [-0.15, -0.1) is 0 Å². The molecule has 0 unspecified atom stereocenters. The van der Waals surface area contributed by atoms with Gasteiger partial charge in [0.1, 0.15) is 16.7 Å². The Morgan fingerprint density at radius 2 is 2.00 bits per heavy atom. The third kappa shape index (κ3) is 4.97. The van der Waals surface area contributed by atoms with Crippen molar-refractivity contribution in [2.45, 2.75) is 6.92 Å². The predicted molar refractivity (Wildman–Crippen MR) is 106 cm³/mol. The third-order valence-electron chi connectivity index (χ3n) is 3.86. The van der Waals surface area contributed by atoms with Crippen molar-refractivity contribution < 1.29 is 13.9 Å². The highest BCUT2D eigenvalue weighted by molar-refractivity contribution is 6.32. The molecular weight excluding hydrogens is 397 g/mol. The fraction of sp³-hybridized carbons (Fsp3) is 0.100. The number of hydrogen-bond donors (Lipinski definition) is 1. The number of carbonyl (C=O) groups is 1. The Morgan fingerprint density at radius 3 is 2.66 bits per heavy atom. The van der Waals surface area contributed by atoms with E-state index in [2.05, 4.69) is 15.6 Å². The van der Waals surface area contributed by atoms with Crippen LogP contribution >= 0.6 is 11.6 Å². The summed E-state index contributed by atoms with van der Waals surface area (Å²) in [6.45, 7) is 1.49. The molecule has 29 heavy (non-hydrogen) atoms. The van der Waals surface area contributed by atoms with Crippen LogP contribution in [0.3, 0.4) is 0 Å². The lowest BCUT2D eigenvalue weighted by atomic mass is 10.2. The largest absolute Gasteiger partial charge is 0.484 e. The summed E-state index contributed by atoms with van der Waals surface area (Å²) in [5, 5.41) is 17.2. The molecule has 1 aromatic heterocycles. The highest BCUT2D eigenvalue weighted by Gasteiger charge is 2.13.